The van der Waals surface area contributed by atoms with Gasteiger partial charge >= 0.3 is 5.97 Å². The van der Waals surface area contributed by atoms with E-state index in [-0.39, 0.29) is 16.9 Å². The topological polar surface area (TPSA) is 127 Å². The number of nitrogens with two attached hydrogens (primary N) is 1. The van der Waals surface area contributed by atoms with E-state index in [4.69, 9.17) is 10.8 Å². The molecule has 0 radical (unpaired) electrons. The Morgan fingerprint density at radius 2 is 2.15 bits per heavy atom. The fourth-order valence-electron chi connectivity index (χ4n) is 2.27. The van der Waals surface area contributed by atoms with Crippen LogP contribution in [0.15, 0.2) is 18.2 Å². The van der Waals surface area contributed by atoms with Gasteiger partial charge in [0.15, 0.2) is 0 Å². The Labute approximate surface area is 113 Å². The number of rotatable bonds is 3. The largest absolute Gasteiger partial charge is 0.480 e. The Bertz CT molecular complexity index is 586. The van der Waals surface area contributed by atoms with E-state index in [1.807, 2.05) is 0 Å². The summed E-state index contributed by atoms with van der Waals surface area (Å²) in [5.74, 6) is -1.60. The summed E-state index contributed by atoms with van der Waals surface area (Å²) in [4.78, 5) is 34.6. The lowest BCUT2D eigenvalue weighted by Gasteiger charge is -2.21. The smallest absolute Gasteiger partial charge is 0.326 e. The van der Waals surface area contributed by atoms with Crippen molar-refractivity contribution in [2.24, 2.45) is 0 Å². The molecule has 1 atom stereocenters. The van der Waals surface area contributed by atoms with Crippen LogP contribution in [0.1, 0.15) is 23.2 Å². The lowest BCUT2D eigenvalue weighted by atomic mass is 10.1. The molecule has 0 bridgehead atoms. The van der Waals surface area contributed by atoms with Crippen LogP contribution in [-0.2, 0) is 4.79 Å². The third kappa shape index (κ3) is 2.40. The van der Waals surface area contributed by atoms with Gasteiger partial charge in [-0.3, -0.25) is 14.9 Å². The van der Waals surface area contributed by atoms with Crippen molar-refractivity contribution in [1.82, 2.24) is 4.90 Å². The Balaban J connectivity index is 2.32. The number of nitro benzene ring substituents is 1. The normalized spacial score (nSPS) is 18.0. The first-order valence-corrected chi connectivity index (χ1v) is 5.99. The van der Waals surface area contributed by atoms with Gasteiger partial charge in [0.2, 0.25) is 0 Å². The fourth-order valence-corrected chi connectivity index (χ4v) is 2.27. The van der Waals surface area contributed by atoms with Gasteiger partial charge in [-0.25, -0.2) is 4.79 Å². The van der Waals surface area contributed by atoms with E-state index in [1.54, 1.807) is 0 Å². The number of carboxylic acids is 1. The molecule has 106 valence electrons. The van der Waals surface area contributed by atoms with Crippen molar-refractivity contribution in [3.8, 4) is 0 Å². The van der Waals surface area contributed by atoms with Crippen LogP contribution in [0.4, 0.5) is 11.4 Å². The first kappa shape index (κ1) is 13.8. The van der Waals surface area contributed by atoms with Crippen LogP contribution >= 0.6 is 0 Å². The number of nitro groups is 1. The van der Waals surface area contributed by atoms with E-state index in [9.17, 15) is 19.7 Å². The highest BCUT2D eigenvalue weighted by Crippen LogP contribution is 2.25. The zero-order chi connectivity index (χ0) is 14.9. The monoisotopic (exact) mass is 279 g/mol. The number of carbonyl (C=O) groups excluding carboxylic acids is 1. The van der Waals surface area contributed by atoms with Crippen molar-refractivity contribution < 1.29 is 19.6 Å². The summed E-state index contributed by atoms with van der Waals surface area (Å²) < 4.78 is 0. The van der Waals surface area contributed by atoms with Crippen molar-refractivity contribution in [3.63, 3.8) is 0 Å². The third-order valence-corrected chi connectivity index (χ3v) is 3.27. The molecule has 20 heavy (non-hydrogen) atoms. The molecule has 0 unspecified atom stereocenters. The summed E-state index contributed by atoms with van der Waals surface area (Å²) >= 11 is 0. The van der Waals surface area contributed by atoms with E-state index < -0.39 is 22.8 Å². The van der Waals surface area contributed by atoms with E-state index in [0.717, 1.165) is 6.07 Å². The van der Waals surface area contributed by atoms with Gasteiger partial charge in [-0.15, -0.1) is 0 Å². The zero-order valence-corrected chi connectivity index (χ0v) is 10.5. The van der Waals surface area contributed by atoms with Crippen molar-refractivity contribution in [2.45, 2.75) is 18.9 Å². The summed E-state index contributed by atoms with van der Waals surface area (Å²) in [5.41, 5.74) is 5.13. The number of hydrogen-bond donors (Lipinski definition) is 2. The number of nitrogens with zero attached hydrogens (tertiary/aromatic N) is 2. The number of benzene rings is 1. The SMILES string of the molecule is Nc1ccc(C(=O)N2CCC[C@H]2C(=O)O)cc1[N+](=O)[O-]. The molecule has 0 saturated carbocycles. The second-order valence-corrected chi connectivity index (χ2v) is 4.53. The van der Waals surface area contributed by atoms with Gasteiger partial charge in [-0.05, 0) is 25.0 Å². The van der Waals surface area contributed by atoms with Crippen molar-refractivity contribution in [1.29, 1.82) is 0 Å². The third-order valence-electron chi connectivity index (χ3n) is 3.27. The minimum absolute atomic E-state index is 0.0391. The van der Waals surface area contributed by atoms with Crippen LogP contribution in [0.25, 0.3) is 0 Å². The molecule has 8 heteroatoms. The van der Waals surface area contributed by atoms with Gasteiger partial charge < -0.3 is 15.7 Å². The molecule has 2 rings (SSSR count). The molecule has 1 aliphatic rings. The molecule has 1 fully saturated rings. The number of nitrogen functional groups attached to an aromatic ring is 1. The Hall–Kier alpha value is -2.64. The van der Waals surface area contributed by atoms with Crippen molar-refractivity contribution in [3.05, 3.63) is 33.9 Å². The predicted octanol–water partition coefficient (Wildman–Crippen LogP) is 0.866. The van der Waals surface area contributed by atoms with Crippen LogP contribution in [-0.4, -0.2) is 39.4 Å². The molecule has 0 aromatic heterocycles. The molecule has 1 heterocycles. The van der Waals surface area contributed by atoms with E-state index in [2.05, 4.69) is 0 Å². The molecule has 1 aromatic rings. The number of carboxylic acid groups (broad SMARTS) is 1. The molecular weight excluding hydrogens is 266 g/mol. The minimum Gasteiger partial charge on any atom is -0.480 e. The highest BCUT2D eigenvalue weighted by Gasteiger charge is 2.34. The van der Waals surface area contributed by atoms with Gasteiger partial charge in [0, 0.05) is 18.2 Å². The van der Waals surface area contributed by atoms with Crippen LogP contribution in [0.5, 0.6) is 0 Å². The van der Waals surface area contributed by atoms with Crippen molar-refractivity contribution in [2.75, 3.05) is 12.3 Å². The van der Waals surface area contributed by atoms with Gasteiger partial charge in [-0.2, -0.15) is 0 Å². The number of hydrogen-bond acceptors (Lipinski definition) is 5. The van der Waals surface area contributed by atoms with E-state index in [1.165, 1.54) is 17.0 Å². The maximum absolute atomic E-state index is 12.2. The van der Waals surface area contributed by atoms with Crippen LogP contribution in [0, 0.1) is 10.1 Å². The summed E-state index contributed by atoms with van der Waals surface area (Å²) in [5, 5.41) is 19.8. The molecular formula is C12H13N3O5. The molecule has 1 saturated heterocycles. The molecule has 0 spiro atoms. The van der Waals surface area contributed by atoms with Gasteiger partial charge in [0.25, 0.3) is 11.6 Å². The van der Waals surface area contributed by atoms with Gasteiger partial charge in [0.1, 0.15) is 11.7 Å². The molecule has 8 nitrogen and oxygen atoms in total. The van der Waals surface area contributed by atoms with Crippen LogP contribution < -0.4 is 5.73 Å². The highest BCUT2D eigenvalue weighted by atomic mass is 16.6. The summed E-state index contributed by atoms with van der Waals surface area (Å²) in [6.45, 7) is 0.327. The van der Waals surface area contributed by atoms with Crippen LogP contribution in [0.2, 0.25) is 0 Å². The quantitative estimate of drug-likeness (QED) is 0.480. The summed E-state index contributed by atoms with van der Waals surface area (Å²) in [6.07, 6.45) is 0.984. The van der Waals surface area contributed by atoms with Gasteiger partial charge in [0.05, 0.1) is 4.92 Å². The average molecular weight is 279 g/mol. The second kappa shape index (κ2) is 5.16. The average Bonchev–Trinajstić information content (AvgIpc) is 2.87. The molecule has 1 aliphatic heterocycles. The summed E-state index contributed by atoms with van der Waals surface area (Å²) in [6, 6.07) is 2.84. The fraction of sp³-hybridized carbons (Fsp3) is 0.333. The molecule has 0 aliphatic carbocycles. The number of carbonyl (C=O) groups is 2. The first-order valence-electron chi connectivity index (χ1n) is 5.99. The van der Waals surface area contributed by atoms with Crippen LogP contribution in [0.3, 0.4) is 0 Å². The Kier molecular flexibility index (Phi) is 3.55. The number of amides is 1. The standard InChI is InChI=1S/C12H13N3O5/c13-8-4-3-7(6-10(8)15(19)20)11(16)14-5-1-2-9(14)12(17)18/h3-4,6,9H,1-2,5,13H2,(H,17,18)/t9-/m0/s1. The van der Waals surface area contributed by atoms with Gasteiger partial charge in [-0.1, -0.05) is 0 Å². The van der Waals surface area contributed by atoms with E-state index in [0.29, 0.717) is 19.4 Å². The predicted molar refractivity (Wildman–Crippen MR) is 69.2 cm³/mol. The Morgan fingerprint density at radius 3 is 2.75 bits per heavy atom. The maximum Gasteiger partial charge on any atom is 0.326 e. The maximum atomic E-state index is 12.2. The minimum atomic E-state index is -1.07. The van der Waals surface area contributed by atoms with E-state index >= 15 is 0 Å². The number of likely N-dealkylation sites (tertiary alicyclic amines) is 1. The highest BCUT2D eigenvalue weighted by molar-refractivity contribution is 5.98. The number of anilines is 1. The summed E-state index contributed by atoms with van der Waals surface area (Å²) in [7, 11) is 0. The zero-order valence-electron chi connectivity index (χ0n) is 10.5. The molecule has 1 amide bonds. The van der Waals surface area contributed by atoms with Crippen molar-refractivity contribution >= 4 is 23.3 Å². The molecule has 3 N–H and O–H groups in total. The first-order chi connectivity index (χ1) is 9.41. The lowest BCUT2D eigenvalue weighted by molar-refractivity contribution is -0.383. The Morgan fingerprint density at radius 1 is 1.45 bits per heavy atom. The number of aliphatic carboxylic acids is 1. The molecule has 1 aromatic carbocycles. The lowest BCUT2D eigenvalue weighted by Crippen LogP contribution is -2.40. The second-order valence-electron chi connectivity index (χ2n) is 4.53.